The van der Waals surface area contributed by atoms with Gasteiger partial charge in [0.25, 0.3) is 0 Å². The standard InChI is InChI=1S/C22H15ClF2N2O3S/c1-11(19-16(24)8-7-15(23)20(19)25)29-14-6-9-17-18(10-14)31-21(27-17)12-2-4-13(5-3-12)30-22(26)28/h2-11H,1H3,(H2,26,28). The number of fused-ring (bicyclic) bond motifs is 1. The first-order valence-electron chi connectivity index (χ1n) is 9.10. The lowest BCUT2D eigenvalue weighted by molar-refractivity contribution is 0.211. The summed E-state index contributed by atoms with van der Waals surface area (Å²) in [6.45, 7) is 1.55. The maximum absolute atomic E-state index is 14.3. The molecule has 31 heavy (non-hydrogen) atoms. The van der Waals surface area contributed by atoms with Gasteiger partial charge in [-0.1, -0.05) is 11.6 Å². The maximum Gasteiger partial charge on any atom is 0.409 e. The SMILES string of the molecule is CC(Oc1ccc2nc(-c3ccc(OC(N)=O)cc3)sc2c1)c1c(F)ccc(Cl)c1F. The Morgan fingerprint density at radius 3 is 2.52 bits per heavy atom. The van der Waals surface area contributed by atoms with Gasteiger partial charge in [0.05, 0.1) is 20.8 Å². The van der Waals surface area contributed by atoms with Crippen molar-refractivity contribution in [3.63, 3.8) is 0 Å². The van der Waals surface area contributed by atoms with Crippen LogP contribution in [0.5, 0.6) is 11.5 Å². The zero-order chi connectivity index (χ0) is 22.1. The minimum absolute atomic E-state index is 0.165. The molecule has 0 fully saturated rings. The van der Waals surface area contributed by atoms with E-state index in [1.807, 2.05) is 0 Å². The quantitative estimate of drug-likeness (QED) is 0.345. The molecule has 1 atom stereocenters. The van der Waals surface area contributed by atoms with Gasteiger partial charge in [-0.3, -0.25) is 0 Å². The first-order chi connectivity index (χ1) is 14.8. The van der Waals surface area contributed by atoms with Crippen molar-refractivity contribution in [1.82, 2.24) is 4.98 Å². The van der Waals surface area contributed by atoms with Crippen LogP contribution in [0.2, 0.25) is 5.02 Å². The van der Waals surface area contributed by atoms with Gasteiger partial charge in [-0.25, -0.2) is 18.6 Å². The predicted molar refractivity (Wildman–Crippen MR) is 116 cm³/mol. The van der Waals surface area contributed by atoms with Crippen LogP contribution >= 0.6 is 22.9 Å². The van der Waals surface area contributed by atoms with Crippen LogP contribution in [0.15, 0.2) is 54.6 Å². The highest BCUT2D eigenvalue weighted by Gasteiger charge is 2.20. The number of halogens is 3. The number of aromatic nitrogens is 1. The second kappa shape index (κ2) is 8.49. The van der Waals surface area contributed by atoms with E-state index < -0.39 is 23.8 Å². The van der Waals surface area contributed by atoms with E-state index in [2.05, 4.69) is 4.98 Å². The molecular weight excluding hydrogens is 446 g/mol. The summed E-state index contributed by atoms with van der Waals surface area (Å²) in [6.07, 6.45) is -1.77. The highest BCUT2D eigenvalue weighted by atomic mass is 35.5. The topological polar surface area (TPSA) is 74.4 Å². The smallest absolute Gasteiger partial charge is 0.409 e. The first-order valence-corrected chi connectivity index (χ1v) is 10.3. The molecule has 1 amide bonds. The van der Waals surface area contributed by atoms with Gasteiger partial charge in [0.15, 0.2) is 5.82 Å². The Morgan fingerprint density at radius 1 is 1.10 bits per heavy atom. The summed E-state index contributed by atoms with van der Waals surface area (Å²) >= 11 is 7.20. The average Bonchev–Trinajstić information content (AvgIpc) is 3.14. The molecule has 0 saturated carbocycles. The van der Waals surface area contributed by atoms with Gasteiger partial charge in [-0.2, -0.15) is 0 Å². The number of amides is 1. The molecule has 0 saturated heterocycles. The van der Waals surface area contributed by atoms with Crippen molar-refractivity contribution in [2.75, 3.05) is 0 Å². The monoisotopic (exact) mass is 460 g/mol. The fourth-order valence-corrected chi connectivity index (χ4v) is 4.23. The van der Waals surface area contributed by atoms with Gasteiger partial charge in [0.2, 0.25) is 0 Å². The van der Waals surface area contributed by atoms with Gasteiger partial charge in [0, 0.05) is 5.56 Å². The molecule has 2 N–H and O–H groups in total. The first kappa shape index (κ1) is 21.0. The van der Waals surface area contributed by atoms with Crippen molar-refractivity contribution in [2.45, 2.75) is 13.0 Å². The van der Waals surface area contributed by atoms with Crippen LogP contribution in [0, 0.1) is 11.6 Å². The number of hydrogen-bond acceptors (Lipinski definition) is 5. The summed E-state index contributed by atoms with van der Waals surface area (Å²) in [4.78, 5) is 15.4. The fraction of sp³-hybridized carbons (Fsp3) is 0.0909. The van der Waals surface area contributed by atoms with Crippen LogP contribution in [0.1, 0.15) is 18.6 Å². The number of carbonyl (C=O) groups excluding carboxylic acids is 1. The zero-order valence-corrected chi connectivity index (χ0v) is 17.6. The zero-order valence-electron chi connectivity index (χ0n) is 16.1. The normalized spacial score (nSPS) is 12.0. The Bertz CT molecular complexity index is 1280. The van der Waals surface area contributed by atoms with E-state index in [9.17, 15) is 13.6 Å². The van der Waals surface area contributed by atoms with Crippen LogP contribution in [0.25, 0.3) is 20.8 Å². The van der Waals surface area contributed by atoms with E-state index in [4.69, 9.17) is 26.8 Å². The van der Waals surface area contributed by atoms with Crippen LogP contribution < -0.4 is 15.2 Å². The third kappa shape index (κ3) is 4.45. The van der Waals surface area contributed by atoms with Crippen molar-refractivity contribution in [2.24, 2.45) is 5.73 Å². The van der Waals surface area contributed by atoms with Gasteiger partial charge in [0.1, 0.15) is 28.4 Å². The van der Waals surface area contributed by atoms with Crippen molar-refractivity contribution in [3.8, 4) is 22.1 Å². The van der Waals surface area contributed by atoms with Crippen molar-refractivity contribution < 1.29 is 23.0 Å². The number of primary amides is 1. The molecule has 0 aliphatic rings. The molecule has 1 aromatic heterocycles. The van der Waals surface area contributed by atoms with Crippen molar-refractivity contribution >= 4 is 39.2 Å². The fourth-order valence-electron chi connectivity index (χ4n) is 3.06. The average molecular weight is 461 g/mol. The third-order valence-electron chi connectivity index (χ3n) is 4.48. The molecule has 158 valence electrons. The highest BCUT2D eigenvalue weighted by Crippen LogP contribution is 2.35. The number of ether oxygens (including phenoxy) is 2. The minimum Gasteiger partial charge on any atom is -0.486 e. The Kier molecular flexibility index (Phi) is 5.75. The minimum atomic E-state index is -0.888. The van der Waals surface area contributed by atoms with Gasteiger partial charge in [-0.05, 0) is 61.5 Å². The van der Waals surface area contributed by atoms with Gasteiger partial charge < -0.3 is 15.2 Å². The number of rotatable bonds is 5. The number of hydrogen-bond donors (Lipinski definition) is 1. The Morgan fingerprint density at radius 2 is 1.81 bits per heavy atom. The molecule has 9 heteroatoms. The van der Waals surface area contributed by atoms with Crippen LogP contribution in [-0.4, -0.2) is 11.1 Å². The molecule has 0 aliphatic heterocycles. The summed E-state index contributed by atoms with van der Waals surface area (Å²) in [6, 6.07) is 14.3. The molecule has 3 aromatic carbocycles. The largest absolute Gasteiger partial charge is 0.486 e. The van der Waals surface area contributed by atoms with E-state index in [1.165, 1.54) is 17.4 Å². The molecule has 0 aliphatic carbocycles. The van der Waals surface area contributed by atoms with E-state index >= 15 is 0 Å². The highest BCUT2D eigenvalue weighted by molar-refractivity contribution is 7.21. The molecule has 4 rings (SSSR count). The number of thiazole rings is 1. The van der Waals surface area contributed by atoms with Crippen molar-refractivity contribution in [3.05, 3.63) is 76.8 Å². The lowest BCUT2D eigenvalue weighted by atomic mass is 10.1. The second-order valence-electron chi connectivity index (χ2n) is 6.61. The lowest BCUT2D eigenvalue weighted by Gasteiger charge is -2.17. The Labute approximate surface area is 185 Å². The maximum atomic E-state index is 14.3. The molecule has 0 radical (unpaired) electrons. The molecule has 4 aromatic rings. The lowest BCUT2D eigenvalue weighted by Crippen LogP contribution is -2.16. The number of nitrogens with zero attached hydrogens (tertiary/aromatic N) is 1. The number of benzene rings is 3. The van der Waals surface area contributed by atoms with Crippen molar-refractivity contribution in [1.29, 1.82) is 0 Å². The Balaban J connectivity index is 1.58. The molecule has 1 unspecified atom stereocenters. The van der Waals surface area contributed by atoms with Crippen LogP contribution in [-0.2, 0) is 0 Å². The predicted octanol–water partition coefficient (Wildman–Crippen LogP) is 6.49. The van der Waals surface area contributed by atoms with E-state index in [-0.39, 0.29) is 10.6 Å². The number of carbonyl (C=O) groups is 1. The van der Waals surface area contributed by atoms with Gasteiger partial charge in [-0.15, -0.1) is 11.3 Å². The van der Waals surface area contributed by atoms with E-state index in [0.29, 0.717) is 11.5 Å². The molecule has 1 heterocycles. The molecular formula is C22H15ClF2N2O3S. The molecule has 5 nitrogen and oxygen atoms in total. The second-order valence-corrected chi connectivity index (χ2v) is 8.05. The van der Waals surface area contributed by atoms with E-state index in [0.717, 1.165) is 26.9 Å². The third-order valence-corrected chi connectivity index (χ3v) is 5.84. The number of nitrogens with two attached hydrogens (primary N) is 1. The summed E-state index contributed by atoms with van der Waals surface area (Å²) in [5, 5.41) is 0.583. The molecule has 0 spiro atoms. The van der Waals surface area contributed by atoms with Gasteiger partial charge >= 0.3 is 6.09 Å². The van der Waals surface area contributed by atoms with Crippen LogP contribution in [0.3, 0.4) is 0 Å². The van der Waals surface area contributed by atoms with Crippen LogP contribution in [0.4, 0.5) is 13.6 Å². The molecule has 0 bridgehead atoms. The van der Waals surface area contributed by atoms with E-state index in [1.54, 1.807) is 49.4 Å². The summed E-state index contributed by atoms with van der Waals surface area (Å²) < 4.78 is 39.8. The summed E-state index contributed by atoms with van der Waals surface area (Å²) in [5.41, 5.74) is 6.35. The summed E-state index contributed by atoms with van der Waals surface area (Å²) in [7, 11) is 0. The Hall–Kier alpha value is -3.23. The summed E-state index contributed by atoms with van der Waals surface area (Å²) in [5.74, 6) is -0.778.